The van der Waals surface area contributed by atoms with Crippen LogP contribution in [0.25, 0.3) is 11.4 Å². The second-order valence-corrected chi connectivity index (χ2v) is 5.81. The molecule has 10 heteroatoms. The first-order valence-corrected chi connectivity index (χ1v) is 8.22. The first kappa shape index (κ1) is 17.1. The molecule has 2 heterocycles. The summed E-state index contributed by atoms with van der Waals surface area (Å²) in [7, 11) is 0. The molecule has 0 aliphatic rings. The molecule has 0 saturated heterocycles. The van der Waals surface area contributed by atoms with E-state index in [0.717, 1.165) is 11.3 Å². The largest absolute Gasteiger partial charge is 0.508 e. The minimum absolute atomic E-state index is 0.0435. The van der Waals surface area contributed by atoms with Crippen LogP contribution in [0.5, 0.6) is 17.4 Å². The zero-order valence-electron chi connectivity index (χ0n) is 14.5. The lowest BCUT2D eigenvalue weighted by Crippen LogP contribution is -2.00. The first-order chi connectivity index (χ1) is 13.5. The molecule has 4 aromatic rings. The van der Waals surface area contributed by atoms with E-state index in [4.69, 9.17) is 16.2 Å². The highest BCUT2D eigenvalue weighted by molar-refractivity contribution is 5.60. The Kier molecular flexibility index (Phi) is 4.34. The summed E-state index contributed by atoms with van der Waals surface area (Å²) in [4.78, 5) is 10.8. The van der Waals surface area contributed by atoms with Gasteiger partial charge in [0.05, 0.1) is 0 Å². The number of ether oxygens (including phenoxy) is 1. The number of H-pyrrole nitrogens is 1. The molecule has 0 aliphatic heterocycles. The summed E-state index contributed by atoms with van der Waals surface area (Å²) in [6.07, 6.45) is 0. The summed E-state index contributed by atoms with van der Waals surface area (Å²) in [5.41, 5.74) is 12.8. The van der Waals surface area contributed by atoms with Crippen LogP contribution in [-0.2, 0) is 0 Å². The minimum Gasteiger partial charge on any atom is -0.508 e. The van der Waals surface area contributed by atoms with E-state index in [1.807, 2.05) is 12.1 Å². The van der Waals surface area contributed by atoms with Crippen molar-refractivity contribution in [3.8, 4) is 28.8 Å². The average molecular weight is 376 g/mol. The molecule has 2 aromatic heterocycles. The molecular formula is C18H16N8O2. The van der Waals surface area contributed by atoms with Crippen molar-refractivity contribution in [2.75, 3.05) is 16.8 Å². The Bertz CT molecular complexity index is 1070. The molecule has 0 amide bonds. The van der Waals surface area contributed by atoms with Crippen LogP contribution in [-0.4, -0.2) is 30.3 Å². The van der Waals surface area contributed by atoms with Gasteiger partial charge in [0.25, 0.3) is 0 Å². The summed E-state index contributed by atoms with van der Waals surface area (Å²) < 4.78 is 5.63. The minimum atomic E-state index is 0.0435. The normalized spacial score (nSPS) is 10.6. The van der Waals surface area contributed by atoms with Crippen molar-refractivity contribution in [2.45, 2.75) is 0 Å². The van der Waals surface area contributed by atoms with E-state index in [1.54, 1.807) is 36.4 Å². The fourth-order valence-electron chi connectivity index (χ4n) is 2.44. The predicted octanol–water partition coefficient (Wildman–Crippen LogP) is 2.67. The fraction of sp³-hybridized carbons (Fsp3) is 0. The molecule has 4 rings (SSSR count). The van der Waals surface area contributed by atoms with E-state index >= 15 is 0 Å². The van der Waals surface area contributed by atoms with Crippen molar-refractivity contribution in [1.29, 1.82) is 0 Å². The molecule has 0 bridgehead atoms. The maximum absolute atomic E-state index is 9.32. The number of aromatic amines is 1. The molecule has 7 N–H and O–H groups in total. The summed E-state index contributed by atoms with van der Waals surface area (Å²) >= 11 is 0. The molecule has 0 spiro atoms. The lowest BCUT2D eigenvalue weighted by atomic mass is 10.2. The topological polar surface area (TPSA) is 161 Å². The highest BCUT2D eigenvalue weighted by Gasteiger charge is 2.08. The SMILES string of the molecule is Nc1cc(Oc2ccc(-c3nnc(Nc4ccc(O)cc4)[nH]3)cc2)nc(N)n1. The number of hydrogen-bond acceptors (Lipinski definition) is 9. The Morgan fingerprint density at radius 1 is 0.929 bits per heavy atom. The molecule has 10 nitrogen and oxygen atoms in total. The molecule has 0 saturated carbocycles. The van der Waals surface area contributed by atoms with E-state index in [9.17, 15) is 5.11 Å². The molecule has 0 aliphatic carbocycles. The molecule has 0 radical (unpaired) electrons. The van der Waals surface area contributed by atoms with Gasteiger partial charge in [-0.05, 0) is 48.5 Å². The third kappa shape index (κ3) is 3.90. The standard InChI is InChI=1S/C18H16N8O2/c19-14-9-15(23-17(20)22-14)28-13-7-1-10(2-8-13)16-24-18(26-25-16)21-11-3-5-12(27)6-4-11/h1-9,27H,(H4,19,20,22,23)(H2,21,24,25,26). The second-order valence-electron chi connectivity index (χ2n) is 5.81. The smallest absolute Gasteiger partial charge is 0.226 e. The average Bonchev–Trinajstić information content (AvgIpc) is 3.12. The van der Waals surface area contributed by atoms with E-state index in [1.165, 1.54) is 6.07 Å². The quantitative estimate of drug-likeness (QED) is 0.330. The van der Waals surface area contributed by atoms with Gasteiger partial charge in [-0.1, -0.05) is 0 Å². The van der Waals surface area contributed by atoms with Crippen molar-refractivity contribution < 1.29 is 9.84 Å². The summed E-state index contributed by atoms with van der Waals surface area (Å²) in [5.74, 6) is 2.35. The van der Waals surface area contributed by atoms with Gasteiger partial charge in [-0.2, -0.15) is 9.97 Å². The van der Waals surface area contributed by atoms with Crippen LogP contribution < -0.4 is 21.5 Å². The van der Waals surface area contributed by atoms with Crippen molar-refractivity contribution in [2.24, 2.45) is 0 Å². The number of phenols is 1. The second kappa shape index (κ2) is 7.11. The van der Waals surface area contributed by atoms with Crippen LogP contribution in [0.2, 0.25) is 0 Å². The third-order valence-corrected chi connectivity index (χ3v) is 3.71. The highest BCUT2D eigenvalue weighted by Crippen LogP contribution is 2.25. The van der Waals surface area contributed by atoms with Crippen molar-refractivity contribution >= 4 is 23.4 Å². The van der Waals surface area contributed by atoms with Gasteiger partial charge in [0.15, 0.2) is 5.82 Å². The number of nitrogens with one attached hydrogen (secondary N) is 2. The van der Waals surface area contributed by atoms with Crippen LogP contribution in [0.3, 0.4) is 0 Å². The lowest BCUT2D eigenvalue weighted by molar-refractivity contribution is 0.463. The van der Waals surface area contributed by atoms with Gasteiger partial charge < -0.3 is 31.6 Å². The van der Waals surface area contributed by atoms with Crippen LogP contribution >= 0.6 is 0 Å². The third-order valence-electron chi connectivity index (χ3n) is 3.71. The van der Waals surface area contributed by atoms with Gasteiger partial charge in [-0.3, -0.25) is 0 Å². The van der Waals surface area contributed by atoms with E-state index in [-0.39, 0.29) is 23.4 Å². The van der Waals surface area contributed by atoms with E-state index in [2.05, 4.69) is 30.5 Å². The summed E-state index contributed by atoms with van der Waals surface area (Å²) in [6, 6.07) is 15.3. The van der Waals surface area contributed by atoms with Gasteiger partial charge in [-0.15, -0.1) is 10.2 Å². The van der Waals surface area contributed by atoms with Gasteiger partial charge in [0.2, 0.25) is 17.8 Å². The number of aromatic nitrogens is 5. The predicted molar refractivity (Wildman–Crippen MR) is 104 cm³/mol. The summed E-state index contributed by atoms with van der Waals surface area (Å²) in [5, 5.41) is 20.6. The van der Waals surface area contributed by atoms with Crippen LogP contribution in [0.1, 0.15) is 0 Å². The number of aromatic hydroxyl groups is 1. The monoisotopic (exact) mass is 376 g/mol. The molecule has 0 fully saturated rings. The molecule has 0 unspecified atom stereocenters. The van der Waals surface area contributed by atoms with Gasteiger partial charge in [0.1, 0.15) is 17.3 Å². The molecule has 140 valence electrons. The van der Waals surface area contributed by atoms with Gasteiger partial charge >= 0.3 is 0 Å². The molecule has 28 heavy (non-hydrogen) atoms. The van der Waals surface area contributed by atoms with Crippen LogP contribution in [0, 0.1) is 0 Å². The van der Waals surface area contributed by atoms with E-state index in [0.29, 0.717) is 17.5 Å². The highest BCUT2D eigenvalue weighted by atomic mass is 16.5. The number of nitrogens with two attached hydrogens (primary N) is 2. The number of anilines is 4. The molecule has 0 atom stereocenters. The van der Waals surface area contributed by atoms with E-state index < -0.39 is 0 Å². The molecule has 2 aromatic carbocycles. The first-order valence-electron chi connectivity index (χ1n) is 8.22. The molecular weight excluding hydrogens is 360 g/mol. The zero-order chi connectivity index (χ0) is 19.5. The number of phenolic OH excluding ortho intramolecular Hbond substituents is 1. The lowest BCUT2D eigenvalue weighted by Gasteiger charge is -2.06. The maximum atomic E-state index is 9.32. The number of rotatable bonds is 5. The summed E-state index contributed by atoms with van der Waals surface area (Å²) in [6.45, 7) is 0. The number of nitrogen functional groups attached to an aromatic ring is 2. The van der Waals surface area contributed by atoms with Crippen molar-refractivity contribution in [3.63, 3.8) is 0 Å². The fourth-order valence-corrected chi connectivity index (χ4v) is 2.44. The Morgan fingerprint density at radius 2 is 1.68 bits per heavy atom. The number of hydrogen-bond donors (Lipinski definition) is 5. The zero-order valence-corrected chi connectivity index (χ0v) is 14.5. The van der Waals surface area contributed by atoms with Gasteiger partial charge in [-0.25, -0.2) is 0 Å². The Hall–Kier alpha value is -4.34. The van der Waals surface area contributed by atoms with Crippen LogP contribution in [0.4, 0.5) is 23.4 Å². The Labute approximate surface area is 159 Å². The van der Waals surface area contributed by atoms with Crippen molar-refractivity contribution in [1.82, 2.24) is 25.1 Å². The number of benzene rings is 2. The van der Waals surface area contributed by atoms with Crippen LogP contribution in [0.15, 0.2) is 54.6 Å². The maximum Gasteiger partial charge on any atom is 0.226 e. The van der Waals surface area contributed by atoms with Gasteiger partial charge in [0, 0.05) is 17.3 Å². The van der Waals surface area contributed by atoms with Crippen molar-refractivity contribution in [3.05, 3.63) is 54.6 Å². The Morgan fingerprint density at radius 3 is 2.39 bits per heavy atom. The number of nitrogens with zero attached hydrogens (tertiary/aromatic N) is 4. The Balaban J connectivity index is 1.46.